The summed E-state index contributed by atoms with van der Waals surface area (Å²) >= 11 is 0. The maximum Gasteiger partial charge on any atom is 0.322 e. The first kappa shape index (κ1) is 12.7. The molecule has 2 aromatic carbocycles. The first-order valence-corrected chi connectivity index (χ1v) is 6.62. The maximum absolute atomic E-state index is 12.9. The molecule has 1 heterocycles. The molecule has 2 amide bonds. The summed E-state index contributed by atoms with van der Waals surface area (Å²) in [6.07, 6.45) is 0.696. The van der Waals surface area contributed by atoms with Gasteiger partial charge in [0.15, 0.2) is 0 Å². The maximum atomic E-state index is 12.9. The highest BCUT2D eigenvalue weighted by molar-refractivity contribution is 5.94. The van der Waals surface area contributed by atoms with E-state index in [4.69, 9.17) is 0 Å². The van der Waals surface area contributed by atoms with E-state index < -0.39 is 0 Å². The summed E-state index contributed by atoms with van der Waals surface area (Å²) in [5, 5.41) is 2.86. The van der Waals surface area contributed by atoms with Crippen molar-refractivity contribution in [2.24, 2.45) is 0 Å². The van der Waals surface area contributed by atoms with Crippen LogP contribution in [0.5, 0.6) is 0 Å². The quantitative estimate of drug-likeness (QED) is 0.913. The van der Waals surface area contributed by atoms with Crippen LogP contribution in [0, 0.1) is 5.82 Å². The molecule has 0 bridgehead atoms. The minimum Gasteiger partial charge on any atom is -0.334 e. The van der Waals surface area contributed by atoms with Crippen LogP contribution in [0.2, 0.25) is 0 Å². The Morgan fingerprint density at radius 3 is 2.65 bits per heavy atom. The van der Waals surface area contributed by atoms with Crippen LogP contribution < -0.4 is 10.2 Å². The summed E-state index contributed by atoms with van der Waals surface area (Å²) in [5.41, 5.74) is 3.09. The lowest BCUT2D eigenvalue weighted by atomic mass is 10.1. The SMILES string of the molecule is O=C1NCc2ccccc2N1CCc1ccc(F)cc1. The molecule has 2 aromatic rings. The van der Waals surface area contributed by atoms with Gasteiger partial charge in [0.25, 0.3) is 0 Å². The molecule has 0 saturated carbocycles. The van der Waals surface area contributed by atoms with E-state index in [9.17, 15) is 9.18 Å². The fourth-order valence-electron chi connectivity index (χ4n) is 2.41. The second kappa shape index (κ2) is 5.33. The second-order valence-electron chi connectivity index (χ2n) is 4.82. The van der Waals surface area contributed by atoms with E-state index in [-0.39, 0.29) is 11.8 Å². The molecule has 1 aliphatic rings. The number of halogens is 1. The fraction of sp³-hybridized carbons (Fsp3) is 0.188. The van der Waals surface area contributed by atoms with Gasteiger partial charge in [-0.15, -0.1) is 0 Å². The number of rotatable bonds is 3. The summed E-state index contributed by atoms with van der Waals surface area (Å²) in [6, 6.07) is 14.2. The zero-order valence-corrected chi connectivity index (χ0v) is 11.0. The summed E-state index contributed by atoms with van der Waals surface area (Å²) < 4.78 is 12.9. The van der Waals surface area contributed by atoms with Gasteiger partial charge in [-0.2, -0.15) is 0 Å². The zero-order chi connectivity index (χ0) is 13.9. The Balaban J connectivity index is 1.76. The Kier molecular flexibility index (Phi) is 3.37. The molecule has 1 aliphatic heterocycles. The summed E-state index contributed by atoms with van der Waals surface area (Å²) in [4.78, 5) is 13.7. The molecule has 20 heavy (non-hydrogen) atoms. The third-order valence-electron chi connectivity index (χ3n) is 3.49. The van der Waals surface area contributed by atoms with Crippen LogP contribution >= 0.6 is 0 Å². The Morgan fingerprint density at radius 2 is 1.85 bits per heavy atom. The zero-order valence-electron chi connectivity index (χ0n) is 11.0. The highest BCUT2D eigenvalue weighted by Gasteiger charge is 2.22. The molecule has 4 heteroatoms. The standard InChI is InChI=1S/C16H15FN2O/c17-14-7-5-12(6-8-14)9-10-19-15-4-2-1-3-13(15)11-18-16(19)20/h1-8H,9-11H2,(H,18,20). The Hall–Kier alpha value is -2.36. The van der Waals surface area contributed by atoms with Crippen molar-refractivity contribution < 1.29 is 9.18 Å². The number of amides is 2. The number of hydrogen-bond donors (Lipinski definition) is 1. The van der Waals surface area contributed by atoms with Crippen molar-refractivity contribution in [2.75, 3.05) is 11.4 Å². The number of anilines is 1. The molecule has 0 spiro atoms. The van der Waals surface area contributed by atoms with Crippen LogP contribution in [0.4, 0.5) is 14.9 Å². The Bertz CT molecular complexity index is 625. The molecule has 0 saturated heterocycles. The van der Waals surface area contributed by atoms with E-state index in [1.165, 1.54) is 12.1 Å². The summed E-state index contributed by atoms with van der Waals surface area (Å²) in [5.74, 6) is -0.241. The third kappa shape index (κ3) is 2.50. The number of nitrogens with zero attached hydrogens (tertiary/aromatic N) is 1. The van der Waals surface area contributed by atoms with Crippen LogP contribution in [-0.2, 0) is 13.0 Å². The normalized spacial score (nSPS) is 13.8. The van der Waals surface area contributed by atoms with Gasteiger partial charge in [0.1, 0.15) is 5.82 Å². The van der Waals surface area contributed by atoms with Gasteiger partial charge in [-0.1, -0.05) is 30.3 Å². The number of hydrogen-bond acceptors (Lipinski definition) is 1. The number of fused-ring (bicyclic) bond motifs is 1. The first-order chi connectivity index (χ1) is 9.74. The molecule has 102 valence electrons. The largest absolute Gasteiger partial charge is 0.334 e. The van der Waals surface area contributed by atoms with Gasteiger partial charge in [-0.05, 0) is 35.7 Å². The van der Waals surface area contributed by atoms with Crippen molar-refractivity contribution >= 4 is 11.7 Å². The molecule has 1 N–H and O–H groups in total. The number of para-hydroxylation sites is 1. The minimum atomic E-state index is -0.241. The number of urea groups is 1. The molecule has 0 fully saturated rings. The lowest BCUT2D eigenvalue weighted by Gasteiger charge is -2.30. The number of carbonyl (C=O) groups excluding carboxylic acids is 1. The van der Waals surface area contributed by atoms with E-state index in [2.05, 4.69) is 5.32 Å². The monoisotopic (exact) mass is 270 g/mol. The minimum absolute atomic E-state index is 0.0780. The summed E-state index contributed by atoms with van der Waals surface area (Å²) in [6.45, 7) is 1.15. The lowest BCUT2D eigenvalue weighted by Crippen LogP contribution is -2.45. The molecule has 3 nitrogen and oxygen atoms in total. The predicted octanol–water partition coefficient (Wildman–Crippen LogP) is 3.10. The van der Waals surface area contributed by atoms with Gasteiger partial charge < -0.3 is 5.32 Å². The van der Waals surface area contributed by atoms with Crippen molar-refractivity contribution in [1.29, 1.82) is 0 Å². The predicted molar refractivity (Wildman–Crippen MR) is 76.1 cm³/mol. The topological polar surface area (TPSA) is 32.3 Å². The van der Waals surface area contributed by atoms with Crippen molar-refractivity contribution in [3.05, 3.63) is 65.5 Å². The fourth-order valence-corrected chi connectivity index (χ4v) is 2.41. The van der Waals surface area contributed by atoms with Gasteiger partial charge in [-0.3, -0.25) is 4.90 Å². The van der Waals surface area contributed by atoms with Crippen molar-refractivity contribution in [3.8, 4) is 0 Å². The van der Waals surface area contributed by atoms with Crippen LogP contribution in [0.1, 0.15) is 11.1 Å². The van der Waals surface area contributed by atoms with Gasteiger partial charge in [-0.25, -0.2) is 9.18 Å². The highest BCUT2D eigenvalue weighted by Crippen LogP contribution is 2.24. The number of nitrogens with one attached hydrogen (secondary N) is 1. The Morgan fingerprint density at radius 1 is 1.10 bits per heavy atom. The smallest absolute Gasteiger partial charge is 0.322 e. The number of carbonyl (C=O) groups is 1. The first-order valence-electron chi connectivity index (χ1n) is 6.62. The molecule has 0 atom stereocenters. The molecular formula is C16H15FN2O. The second-order valence-corrected chi connectivity index (χ2v) is 4.82. The average molecular weight is 270 g/mol. The van der Waals surface area contributed by atoms with E-state index in [1.54, 1.807) is 17.0 Å². The van der Waals surface area contributed by atoms with Crippen LogP contribution in [-0.4, -0.2) is 12.6 Å². The van der Waals surface area contributed by atoms with Gasteiger partial charge in [0.05, 0.1) is 5.69 Å². The molecule has 0 radical (unpaired) electrons. The summed E-state index contributed by atoms with van der Waals surface area (Å²) in [7, 11) is 0. The van der Waals surface area contributed by atoms with Gasteiger partial charge in [0.2, 0.25) is 0 Å². The van der Waals surface area contributed by atoms with Crippen molar-refractivity contribution in [3.63, 3.8) is 0 Å². The molecule has 0 unspecified atom stereocenters. The van der Waals surface area contributed by atoms with Crippen LogP contribution in [0.25, 0.3) is 0 Å². The Labute approximate surface area is 117 Å². The van der Waals surface area contributed by atoms with E-state index >= 15 is 0 Å². The van der Waals surface area contributed by atoms with Crippen LogP contribution in [0.3, 0.4) is 0 Å². The van der Waals surface area contributed by atoms with Gasteiger partial charge >= 0.3 is 6.03 Å². The van der Waals surface area contributed by atoms with E-state index in [0.717, 1.165) is 16.8 Å². The molecule has 0 aromatic heterocycles. The lowest BCUT2D eigenvalue weighted by molar-refractivity contribution is 0.244. The van der Waals surface area contributed by atoms with E-state index in [1.807, 2.05) is 24.3 Å². The van der Waals surface area contributed by atoms with Crippen molar-refractivity contribution in [2.45, 2.75) is 13.0 Å². The molecule has 3 rings (SSSR count). The van der Waals surface area contributed by atoms with Gasteiger partial charge in [0, 0.05) is 13.1 Å². The molecular weight excluding hydrogens is 255 g/mol. The third-order valence-corrected chi connectivity index (χ3v) is 3.49. The average Bonchev–Trinajstić information content (AvgIpc) is 2.48. The highest BCUT2D eigenvalue weighted by atomic mass is 19.1. The van der Waals surface area contributed by atoms with Crippen LogP contribution in [0.15, 0.2) is 48.5 Å². The number of benzene rings is 2. The van der Waals surface area contributed by atoms with Crippen molar-refractivity contribution in [1.82, 2.24) is 5.32 Å². The van der Waals surface area contributed by atoms with E-state index in [0.29, 0.717) is 19.5 Å². The molecule has 0 aliphatic carbocycles.